The van der Waals surface area contributed by atoms with Gasteiger partial charge in [-0.2, -0.15) is 0 Å². The quantitative estimate of drug-likeness (QED) is 0.118. The molecular formula is C49H46IrN2OSi-2. The molecule has 1 radical (unpaired) electrons. The largest absolute Gasteiger partial charge is 0.501 e. The summed E-state index contributed by atoms with van der Waals surface area (Å²) in [6.07, 6.45) is 0.492. The van der Waals surface area contributed by atoms with Gasteiger partial charge in [0.05, 0.1) is 13.7 Å². The molecule has 5 heteroatoms. The maximum Gasteiger partial charge on any atom is 0.121 e. The van der Waals surface area contributed by atoms with E-state index < -0.39 is 26.2 Å². The fraction of sp³-hybridized carbons (Fsp3) is 0.184. The predicted molar refractivity (Wildman–Crippen MR) is 225 cm³/mol. The molecule has 0 spiro atoms. The average molecular weight is 903 g/mol. The van der Waals surface area contributed by atoms with Crippen molar-refractivity contribution >= 4 is 35.2 Å². The van der Waals surface area contributed by atoms with Gasteiger partial charge in [-0.25, -0.2) is 0 Å². The molecule has 273 valence electrons. The molecule has 8 rings (SSSR count). The average Bonchev–Trinajstić information content (AvgIpc) is 3.59. The van der Waals surface area contributed by atoms with E-state index in [1.54, 1.807) is 12.3 Å². The summed E-state index contributed by atoms with van der Waals surface area (Å²) in [5.74, 6) is 0. The summed E-state index contributed by atoms with van der Waals surface area (Å²) < 4.78 is 40.9. The first kappa shape index (κ1) is 33.6. The van der Waals surface area contributed by atoms with Crippen LogP contribution in [-0.2, 0) is 32.9 Å². The molecule has 0 saturated carbocycles. The molecular weight excluding hydrogens is 853 g/mol. The van der Waals surface area contributed by atoms with Crippen LogP contribution in [0.15, 0.2) is 150 Å². The summed E-state index contributed by atoms with van der Waals surface area (Å²) in [6, 6.07) is 49.3. The number of benzene rings is 5. The second-order valence-corrected chi connectivity index (χ2v) is 20.3. The first-order chi connectivity index (χ1) is 27.1. The third kappa shape index (κ3) is 9.22. The summed E-state index contributed by atoms with van der Waals surface area (Å²) >= 11 is 0. The Labute approximate surface area is 340 Å². The Morgan fingerprint density at radius 1 is 0.667 bits per heavy atom. The molecule has 54 heavy (non-hydrogen) atoms. The van der Waals surface area contributed by atoms with Crippen LogP contribution in [-0.4, -0.2) is 18.0 Å². The van der Waals surface area contributed by atoms with Gasteiger partial charge in [0.2, 0.25) is 0 Å². The van der Waals surface area contributed by atoms with Gasteiger partial charge in [0, 0.05) is 43.4 Å². The zero-order chi connectivity index (χ0) is 40.6. The summed E-state index contributed by atoms with van der Waals surface area (Å²) in [5, 5.41) is 3.33. The molecule has 0 aliphatic rings. The molecule has 0 saturated heterocycles. The molecule has 8 aromatic rings. The topological polar surface area (TPSA) is 38.9 Å². The van der Waals surface area contributed by atoms with Crippen molar-refractivity contribution in [3.8, 4) is 33.6 Å². The fourth-order valence-corrected chi connectivity index (χ4v) is 7.27. The van der Waals surface area contributed by atoms with Crippen LogP contribution in [0, 0.1) is 17.5 Å². The van der Waals surface area contributed by atoms with Crippen molar-refractivity contribution in [1.82, 2.24) is 9.97 Å². The van der Waals surface area contributed by atoms with Gasteiger partial charge < -0.3 is 14.4 Å². The molecule has 3 aromatic heterocycles. The van der Waals surface area contributed by atoms with E-state index in [1.807, 2.05) is 118 Å². The molecule has 3 nitrogen and oxygen atoms in total. The maximum atomic E-state index is 8.67. The number of hydrogen-bond acceptors (Lipinski definition) is 3. The first-order valence-electron chi connectivity index (χ1n) is 20.0. The third-order valence-corrected chi connectivity index (χ3v) is 10.9. The summed E-state index contributed by atoms with van der Waals surface area (Å²) in [4.78, 5) is 9.15. The van der Waals surface area contributed by atoms with Gasteiger partial charge >= 0.3 is 0 Å². The van der Waals surface area contributed by atoms with Crippen molar-refractivity contribution in [2.45, 2.75) is 53.2 Å². The van der Waals surface area contributed by atoms with E-state index in [1.165, 1.54) is 5.19 Å². The zero-order valence-corrected chi connectivity index (χ0v) is 34.9. The summed E-state index contributed by atoms with van der Waals surface area (Å²) in [6.45, 7) is 12.6. The van der Waals surface area contributed by atoms with Crippen molar-refractivity contribution in [2.75, 3.05) is 0 Å². The number of rotatable bonds is 7. The second kappa shape index (κ2) is 16.6. The maximum absolute atomic E-state index is 8.67. The van der Waals surface area contributed by atoms with Gasteiger partial charge in [-0.05, 0) is 58.0 Å². The second-order valence-electron chi connectivity index (χ2n) is 15.2. The van der Waals surface area contributed by atoms with Crippen molar-refractivity contribution < 1.29 is 30.0 Å². The Morgan fingerprint density at radius 3 is 2.11 bits per heavy atom. The van der Waals surface area contributed by atoms with Gasteiger partial charge in [0.25, 0.3) is 0 Å². The Morgan fingerprint density at radius 2 is 1.41 bits per heavy atom. The standard InChI is InChI=1S/C28H24NO.C21H22NSi.Ir/c1-28(2,3)18-19-14-15-29-25(16-19)24-11-7-10-23-22-13-12-21(17-26(22)30-27(23)24)20-8-5-4-6-9-20;1-23(2,3)19-13-14-21(22-16-19)20-12-8-7-11-18(20)15-17-9-5-4-6-10-17;/h4-10,12-17H,18H2,1-3H3;4-11,13-14,16H,15H2,1-3H3;/q2*-1;/i18D2;15D2;. The molecule has 0 N–H and O–H groups in total. The van der Waals surface area contributed by atoms with Crippen molar-refractivity contribution in [3.05, 3.63) is 175 Å². The molecule has 0 aliphatic heterocycles. The first-order valence-corrected chi connectivity index (χ1v) is 21.5. The van der Waals surface area contributed by atoms with E-state index in [2.05, 4.69) is 78.1 Å². The molecule has 0 amide bonds. The predicted octanol–water partition coefficient (Wildman–Crippen LogP) is 12.4. The van der Waals surface area contributed by atoms with E-state index in [-0.39, 0.29) is 20.1 Å². The molecule has 0 unspecified atom stereocenters. The van der Waals surface area contributed by atoms with Gasteiger partial charge in [-0.1, -0.05) is 153 Å². The van der Waals surface area contributed by atoms with Crippen LogP contribution in [0.3, 0.4) is 0 Å². The Kier molecular flexibility index (Phi) is 10.3. The number of furan rings is 1. The van der Waals surface area contributed by atoms with Gasteiger partial charge in [-0.3, -0.25) is 0 Å². The van der Waals surface area contributed by atoms with Crippen molar-refractivity contribution in [3.63, 3.8) is 0 Å². The van der Waals surface area contributed by atoms with Crippen LogP contribution in [0.4, 0.5) is 0 Å². The normalized spacial score (nSPS) is 13.1. The minimum atomic E-state index is -1.60. The smallest absolute Gasteiger partial charge is 0.121 e. The van der Waals surface area contributed by atoms with Crippen LogP contribution in [0.1, 0.15) is 42.9 Å². The van der Waals surface area contributed by atoms with E-state index in [4.69, 9.17) is 9.90 Å². The Bertz CT molecular complexity index is 2650. The SMILES string of the molecule is [2H]C([2H])(c1ccccc1)c1ccc[c-]c1-c1ccc([Si](C)(C)C)cn1.[2H]C([2H])(c1ccnc(-c2[c-]ccc3c2oc2cc(-c4ccccc4)ccc23)c1)C(C)(C)C.[Ir]. The number of nitrogens with zero attached hydrogens (tertiary/aromatic N) is 2. The molecule has 0 aliphatic carbocycles. The number of aromatic nitrogens is 2. The van der Waals surface area contributed by atoms with Crippen molar-refractivity contribution in [2.24, 2.45) is 5.41 Å². The Balaban J connectivity index is 0.000000198. The monoisotopic (exact) mass is 903 g/mol. The minimum Gasteiger partial charge on any atom is -0.501 e. The molecule has 0 fully saturated rings. The number of fused-ring (bicyclic) bond motifs is 3. The third-order valence-electron chi connectivity index (χ3n) is 8.87. The molecule has 0 bridgehead atoms. The zero-order valence-electron chi connectivity index (χ0n) is 35.5. The van der Waals surface area contributed by atoms with Gasteiger partial charge in [0.1, 0.15) is 5.58 Å². The number of pyridine rings is 2. The van der Waals surface area contributed by atoms with Gasteiger partial charge in [0.15, 0.2) is 0 Å². The number of hydrogen-bond donors (Lipinski definition) is 0. The van der Waals surface area contributed by atoms with Crippen molar-refractivity contribution in [1.29, 1.82) is 0 Å². The van der Waals surface area contributed by atoms with E-state index in [0.29, 0.717) is 28.0 Å². The van der Waals surface area contributed by atoms with E-state index in [9.17, 15) is 0 Å². The summed E-state index contributed by atoms with van der Waals surface area (Å²) in [5.41, 5.74) is 7.92. The van der Waals surface area contributed by atoms with Gasteiger partial charge in [-0.15, -0.1) is 53.6 Å². The van der Waals surface area contributed by atoms with E-state index >= 15 is 0 Å². The van der Waals surface area contributed by atoms with Crippen LogP contribution >= 0.6 is 0 Å². The van der Waals surface area contributed by atoms with Crippen LogP contribution in [0.2, 0.25) is 19.6 Å². The van der Waals surface area contributed by atoms with Crippen LogP contribution in [0.5, 0.6) is 0 Å². The van der Waals surface area contributed by atoms with Crippen LogP contribution in [0.25, 0.3) is 55.6 Å². The molecule has 3 heterocycles. The van der Waals surface area contributed by atoms with E-state index in [0.717, 1.165) is 44.3 Å². The minimum absolute atomic E-state index is 0. The molecule has 5 aromatic carbocycles. The Hall–Kier alpha value is -4.93. The fourth-order valence-electron chi connectivity index (χ4n) is 6.24. The molecule has 0 atom stereocenters. The summed E-state index contributed by atoms with van der Waals surface area (Å²) in [7, 11) is -1.41. The van der Waals surface area contributed by atoms with Crippen LogP contribution < -0.4 is 5.19 Å².